The van der Waals surface area contributed by atoms with Crippen LogP contribution in [0.4, 0.5) is 0 Å². The molecular weight excluding hydrogens is 236 g/mol. The minimum absolute atomic E-state index is 0.167. The first kappa shape index (κ1) is 14.0. The van der Waals surface area contributed by atoms with Crippen LogP contribution in [0.15, 0.2) is 5.38 Å². The monoisotopic (exact) mass is 258 g/mol. The zero-order valence-corrected chi connectivity index (χ0v) is 12.3. The second-order valence-corrected chi connectivity index (χ2v) is 6.94. The highest BCUT2D eigenvalue weighted by Crippen LogP contribution is 2.17. The van der Waals surface area contributed by atoms with E-state index in [0.29, 0.717) is 0 Å². The summed E-state index contributed by atoms with van der Waals surface area (Å²) in [5.74, 6) is 2.29. The van der Waals surface area contributed by atoms with Crippen molar-refractivity contribution in [2.45, 2.75) is 52.0 Å². The average molecular weight is 258 g/mol. The minimum atomic E-state index is 0.167. The Hall–Kier alpha value is -0.0600. The zero-order valence-electron chi connectivity index (χ0n) is 10.7. The van der Waals surface area contributed by atoms with Gasteiger partial charge in [-0.15, -0.1) is 11.3 Å². The number of rotatable bonds is 6. The van der Waals surface area contributed by atoms with Crippen LogP contribution in [0.3, 0.4) is 0 Å². The SMILES string of the molecule is CCCSCc1nc(CNC(C)(C)C)cs1. The van der Waals surface area contributed by atoms with Crippen LogP contribution in [0.5, 0.6) is 0 Å². The molecule has 0 bridgehead atoms. The van der Waals surface area contributed by atoms with Gasteiger partial charge in [0.15, 0.2) is 0 Å². The number of nitrogens with one attached hydrogen (secondary N) is 1. The molecule has 0 unspecified atom stereocenters. The molecule has 0 aliphatic carbocycles. The highest BCUT2D eigenvalue weighted by atomic mass is 32.2. The van der Waals surface area contributed by atoms with Crippen molar-refractivity contribution in [3.8, 4) is 0 Å². The van der Waals surface area contributed by atoms with Gasteiger partial charge in [0.05, 0.1) is 5.69 Å². The lowest BCUT2D eigenvalue weighted by Gasteiger charge is -2.19. The maximum absolute atomic E-state index is 4.62. The molecule has 0 aliphatic rings. The molecule has 0 aromatic carbocycles. The lowest BCUT2D eigenvalue weighted by molar-refractivity contribution is 0.421. The fourth-order valence-corrected chi connectivity index (χ4v) is 2.93. The quantitative estimate of drug-likeness (QED) is 0.788. The number of aromatic nitrogens is 1. The van der Waals surface area contributed by atoms with Crippen molar-refractivity contribution in [3.63, 3.8) is 0 Å². The molecule has 4 heteroatoms. The van der Waals surface area contributed by atoms with Crippen LogP contribution in [-0.4, -0.2) is 16.3 Å². The van der Waals surface area contributed by atoms with E-state index in [2.05, 4.69) is 43.4 Å². The summed E-state index contributed by atoms with van der Waals surface area (Å²) in [4.78, 5) is 4.62. The molecule has 0 saturated heterocycles. The van der Waals surface area contributed by atoms with E-state index in [-0.39, 0.29) is 5.54 Å². The van der Waals surface area contributed by atoms with Gasteiger partial charge in [0.2, 0.25) is 0 Å². The van der Waals surface area contributed by atoms with Crippen molar-refractivity contribution >= 4 is 23.1 Å². The summed E-state index contributed by atoms with van der Waals surface area (Å²) in [5.41, 5.74) is 1.34. The summed E-state index contributed by atoms with van der Waals surface area (Å²) in [6.07, 6.45) is 1.24. The first-order valence-corrected chi connectivity index (χ1v) is 7.81. The molecule has 1 aromatic rings. The Morgan fingerprint density at radius 2 is 2.19 bits per heavy atom. The molecule has 0 atom stereocenters. The minimum Gasteiger partial charge on any atom is -0.306 e. The summed E-state index contributed by atoms with van der Waals surface area (Å²) < 4.78 is 0. The molecule has 1 aromatic heterocycles. The van der Waals surface area contributed by atoms with E-state index in [1.807, 2.05) is 11.8 Å². The van der Waals surface area contributed by atoms with Gasteiger partial charge in [-0.2, -0.15) is 11.8 Å². The number of nitrogens with zero attached hydrogens (tertiary/aromatic N) is 1. The van der Waals surface area contributed by atoms with Crippen LogP contribution < -0.4 is 5.32 Å². The summed E-state index contributed by atoms with van der Waals surface area (Å²) in [5, 5.41) is 6.88. The molecule has 0 fully saturated rings. The molecule has 0 radical (unpaired) electrons. The van der Waals surface area contributed by atoms with Crippen LogP contribution >= 0.6 is 23.1 Å². The highest BCUT2D eigenvalue weighted by Gasteiger charge is 2.09. The van der Waals surface area contributed by atoms with Crippen molar-refractivity contribution in [2.24, 2.45) is 0 Å². The van der Waals surface area contributed by atoms with Gasteiger partial charge >= 0.3 is 0 Å². The van der Waals surface area contributed by atoms with Gasteiger partial charge in [0.25, 0.3) is 0 Å². The van der Waals surface area contributed by atoms with Crippen molar-refractivity contribution in [3.05, 3.63) is 16.1 Å². The normalized spacial score (nSPS) is 12.0. The van der Waals surface area contributed by atoms with Crippen molar-refractivity contribution in [2.75, 3.05) is 5.75 Å². The number of thiazole rings is 1. The highest BCUT2D eigenvalue weighted by molar-refractivity contribution is 7.98. The van der Waals surface area contributed by atoms with E-state index in [4.69, 9.17) is 0 Å². The van der Waals surface area contributed by atoms with Crippen molar-refractivity contribution in [1.29, 1.82) is 0 Å². The number of hydrogen-bond acceptors (Lipinski definition) is 4. The molecule has 0 spiro atoms. The Morgan fingerprint density at radius 3 is 2.81 bits per heavy atom. The van der Waals surface area contributed by atoms with Crippen LogP contribution in [0.25, 0.3) is 0 Å². The van der Waals surface area contributed by atoms with Gasteiger partial charge in [-0.05, 0) is 32.9 Å². The molecular formula is C12H22N2S2. The Morgan fingerprint density at radius 1 is 1.44 bits per heavy atom. The van der Waals surface area contributed by atoms with Crippen LogP contribution in [-0.2, 0) is 12.3 Å². The van der Waals surface area contributed by atoms with E-state index >= 15 is 0 Å². The van der Waals surface area contributed by atoms with E-state index < -0.39 is 0 Å². The predicted octanol–water partition coefficient (Wildman–Crippen LogP) is 3.67. The Kier molecular flexibility index (Phi) is 5.79. The largest absolute Gasteiger partial charge is 0.306 e. The smallest absolute Gasteiger partial charge is 0.103 e. The van der Waals surface area contributed by atoms with Gasteiger partial charge in [-0.1, -0.05) is 6.92 Å². The number of thioether (sulfide) groups is 1. The van der Waals surface area contributed by atoms with Crippen molar-refractivity contribution in [1.82, 2.24) is 10.3 Å². The third-order valence-electron chi connectivity index (χ3n) is 1.97. The fourth-order valence-electron chi connectivity index (χ4n) is 1.16. The molecule has 0 saturated carbocycles. The van der Waals surface area contributed by atoms with Crippen LogP contribution in [0.1, 0.15) is 44.8 Å². The molecule has 1 N–H and O–H groups in total. The molecule has 1 heterocycles. The van der Waals surface area contributed by atoms with Crippen molar-refractivity contribution < 1.29 is 0 Å². The fraction of sp³-hybridized carbons (Fsp3) is 0.750. The van der Waals surface area contributed by atoms with Gasteiger partial charge in [0.1, 0.15) is 5.01 Å². The second kappa shape index (κ2) is 6.62. The van der Waals surface area contributed by atoms with E-state index in [1.54, 1.807) is 11.3 Å². The molecule has 0 amide bonds. The maximum atomic E-state index is 4.62. The van der Waals surface area contributed by atoms with Gasteiger partial charge in [0, 0.05) is 23.2 Å². The van der Waals surface area contributed by atoms with E-state index in [0.717, 1.165) is 12.3 Å². The van der Waals surface area contributed by atoms with Gasteiger partial charge in [-0.3, -0.25) is 0 Å². The van der Waals surface area contributed by atoms with Gasteiger partial charge in [-0.25, -0.2) is 4.98 Å². The zero-order chi connectivity index (χ0) is 12.0. The van der Waals surface area contributed by atoms with E-state index in [1.165, 1.54) is 22.9 Å². The Balaban J connectivity index is 2.33. The average Bonchev–Trinajstić information content (AvgIpc) is 2.62. The van der Waals surface area contributed by atoms with Crippen LogP contribution in [0, 0.1) is 0 Å². The lowest BCUT2D eigenvalue weighted by atomic mass is 10.1. The van der Waals surface area contributed by atoms with Crippen LogP contribution in [0.2, 0.25) is 0 Å². The number of hydrogen-bond donors (Lipinski definition) is 1. The Labute approximate surface area is 107 Å². The molecule has 16 heavy (non-hydrogen) atoms. The van der Waals surface area contributed by atoms with E-state index in [9.17, 15) is 0 Å². The molecule has 0 aliphatic heterocycles. The topological polar surface area (TPSA) is 24.9 Å². The maximum Gasteiger partial charge on any atom is 0.103 e. The third-order valence-corrected chi connectivity index (χ3v) is 4.23. The second-order valence-electron chi connectivity index (χ2n) is 4.89. The summed E-state index contributed by atoms with van der Waals surface area (Å²) in [6.45, 7) is 9.62. The van der Waals surface area contributed by atoms with Gasteiger partial charge < -0.3 is 5.32 Å². The molecule has 2 nitrogen and oxygen atoms in total. The molecule has 1 rings (SSSR count). The third kappa shape index (κ3) is 5.87. The summed E-state index contributed by atoms with van der Waals surface area (Å²) in [7, 11) is 0. The Bertz CT molecular complexity index is 302. The molecule has 92 valence electrons. The lowest BCUT2D eigenvalue weighted by Crippen LogP contribution is -2.35. The summed E-state index contributed by atoms with van der Waals surface area (Å²) >= 11 is 3.75. The first-order chi connectivity index (χ1) is 7.51. The predicted molar refractivity (Wildman–Crippen MR) is 75.2 cm³/mol. The summed E-state index contributed by atoms with van der Waals surface area (Å²) in [6, 6.07) is 0. The first-order valence-electron chi connectivity index (χ1n) is 5.77. The standard InChI is InChI=1S/C12H22N2S2/c1-5-6-15-9-11-14-10(8-16-11)7-13-12(2,3)4/h8,13H,5-7,9H2,1-4H3.